The Morgan fingerprint density at radius 3 is 2.53 bits per heavy atom. The predicted molar refractivity (Wildman–Crippen MR) is 54.9 cm³/mol. The summed E-state index contributed by atoms with van der Waals surface area (Å²) in [6, 6.07) is 1.32. The number of halogens is 4. The summed E-state index contributed by atoms with van der Waals surface area (Å²) in [7, 11) is 0.848. The molecule has 0 fully saturated rings. The summed E-state index contributed by atoms with van der Waals surface area (Å²) < 4.78 is 47.2. The molecule has 0 saturated carbocycles. The second kappa shape index (κ2) is 4.71. The van der Waals surface area contributed by atoms with Crippen molar-refractivity contribution < 1.29 is 17.2 Å². The van der Waals surface area contributed by atoms with E-state index in [9.17, 15) is 17.2 Å². The van der Waals surface area contributed by atoms with E-state index < -0.39 is 26.1 Å². The van der Waals surface area contributed by atoms with Gasteiger partial charge in [-0.05, 0) is 11.6 Å². The van der Waals surface area contributed by atoms with Crippen LogP contribution in [0.5, 0.6) is 0 Å². The third-order valence-electron chi connectivity index (χ3n) is 1.61. The highest BCUT2D eigenvalue weighted by Crippen LogP contribution is 2.30. The highest BCUT2D eigenvalue weighted by atomic mass is 79.9. The van der Waals surface area contributed by atoms with Gasteiger partial charge in [0.15, 0.2) is 0 Å². The Bertz CT molecular complexity index is 466. The van der Waals surface area contributed by atoms with Crippen molar-refractivity contribution in [2.24, 2.45) is 0 Å². The first-order chi connectivity index (χ1) is 6.88. The summed E-state index contributed by atoms with van der Waals surface area (Å²) in [5.41, 5.74) is -0.655. The van der Waals surface area contributed by atoms with Crippen molar-refractivity contribution >= 4 is 35.7 Å². The Morgan fingerprint density at radius 1 is 1.53 bits per heavy atom. The highest BCUT2D eigenvalue weighted by Gasteiger charge is 2.26. The number of aromatic nitrogens is 1. The number of nitrogens with zero attached hydrogens (tertiary/aromatic N) is 1. The lowest BCUT2D eigenvalue weighted by molar-refractivity contribution is 0.142. The lowest BCUT2D eigenvalue weighted by Gasteiger charge is -2.08. The molecule has 0 radical (unpaired) electrons. The SMILES string of the molecule is O=S(=O)(Cl)c1c(CBr)ccnc1C(F)F. The van der Waals surface area contributed by atoms with E-state index in [4.69, 9.17) is 10.7 Å². The third-order valence-corrected chi connectivity index (χ3v) is 3.63. The van der Waals surface area contributed by atoms with Gasteiger partial charge in [-0.25, -0.2) is 17.2 Å². The van der Waals surface area contributed by atoms with E-state index in [1.54, 1.807) is 0 Å². The van der Waals surface area contributed by atoms with E-state index in [0.717, 1.165) is 6.20 Å². The standard InChI is InChI=1S/C7H5BrClF2NO2S/c8-3-4-1-2-12-5(7(10)11)6(4)15(9,13)14/h1-2,7H,3H2. The molecule has 84 valence electrons. The number of alkyl halides is 3. The van der Waals surface area contributed by atoms with E-state index in [0.29, 0.717) is 0 Å². The Balaban J connectivity index is 3.55. The lowest BCUT2D eigenvalue weighted by Crippen LogP contribution is -2.05. The minimum Gasteiger partial charge on any atom is -0.254 e. The molecule has 1 heterocycles. The first-order valence-corrected chi connectivity index (χ1v) is 7.07. The van der Waals surface area contributed by atoms with Gasteiger partial charge in [-0.1, -0.05) is 15.9 Å². The summed E-state index contributed by atoms with van der Waals surface area (Å²) in [5, 5.41) is 0.108. The van der Waals surface area contributed by atoms with Crippen LogP contribution in [0.15, 0.2) is 17.2 Å². The number of hydrogen-bond donors (Lipinski definition) is 0. The smallest absolute Gasteiger partial charge is 0.254 e. The molecule has 0 saturated heterocycles. The molecule has 8 heteroatoms. The quantitative estimate of drug-likeness (QED) is 0.635. The Labute approximate surface area is 98.0 Å². The Kier molecular flexibility index (Phi) is 4.02. The molecule has 0 atom stereocenters. The number of hydrogen-bond acceptors (Lipinski definition) is 3. The molecule has 1 rings (SSSR count). The first kappa shape index (κ1) is 12.8. The van der Waals surface area contributed by atoms with E-state index >= 15 is 0 Å². The molecule has 15 heavy (non-hydrogen) atoms. The second-order valence-electron chi connectivity index (χ2n) is 2.56. The van der Waals surface area contributed by atoms with Crippen LogP contribution in [0.25, 0.3) is 0 Å². The van der Waals surface area contributed by atoms with Gasteiger partial charge in [0.05, 0.1) is 0 Å². The summed E-state index contributed by atoms with van der Waals surface area (Å²) >= 11 is 2.99. The molecule has 0 amide bonds. The molecule has 0 bridgehead atoms. The number of pyridine rings is 1. The average Bonchev–Trinajstić information content (AvgIpc) is 2.15. The fourth-order valence-corrected chi connectivity index (χ4v) is 3.08. The van der Waals surface area contributed by atoms with Gasteiger partial charge in [-0.15, -0.1) is 0 Å². The topological polar surface area (TPSA) is 47.0 Å². The third kappa shape index (κ3) is 2.85. The maximum atomic E-state index is 12.5. The normalized spacial score (nSPS) is 12.1. The Hall–Kier alpha value is -0.270. The number of rotatable bonds is 3. The van der Waals surface area contributed by atoms with Crippen LogP contribution < -0.4 is 0 Å². The van der Waals surface area contributed by atoms with Gasteiger partial charge < -0.3 is 0 Å². The van der Waals surface area contributed by atoms with E-state index in [2.05, 4.69) is 20.9 Å². The zero-order chi connectivity index (χ0) is 11.6. The summed E-state index contributed by atoms with van der Waals surface area (Å²) in [5.74, 6) is 0. The average molecular weight is 321 g/mol. The van der Waals surface area contributed by atoms with Crippen LogP contribution in [0.2, 0.25) is 0 Å². The first-order valence-electron chi connectivity index (χ1n) is 3.64. The van der Waals surface area contributed by atoms with Gasteiger partial charge in [-0.3, -0.25) is 4.98 Å². The van der Waals surface area contributed by atoms with Crippen molar-refractivity contribution in [2.75, 3.05) is 0 Å². The molecule has 0 aliphatic heterocycles. The molecular weight excluding hydrogens is 316 g/mol. The summed E-state index contributed by atoms with van der Waals surface area (Å²) in [6.45, 7) is 0. The van der Waals surface area contributed by atoms with Crippen molar-refractivity contribution in [1.29, 1.82) is 0 Å². The molecule has 0 unspecified atom stereocenters. The minimum atomic E-state index is -4.22. The fraction of sp³-hybridized carbons (Fsp3) is 0.286. The van der Waals surface area contributed by atoms with Crippen molar-refractivity contribution in [2.45, 2.75) is 16.7 Å². The van der Waals surface area contributed by atoms with Crippen LogP contribution in [-0.2, 0) is 14.4 Å². The van der Waals surface area contributed by atoms with Crippen LogP contribution in [0.3, 0.4) is 0 Å². The summed E-state index contributed by atoms with van der Waals surface area (Å²) in [4.78, 5) is 2.71. The van der Waals surface area contributed by atoms with E-state index in [1.807, 2.05) is 0 Å². The Morgan fingerprint density at radius 2 is 2.13 bits per heavy atom. The van der Waals surface area contributed by atoms with Crippen LogP contribution in [-0.4, -0.2) is 13.4 Å². The fourth-order valence-electron chi connectivity index (χ4n) is 1.05. The molecule has 0 aliphatic carbocycles. The molecule has 0 aromatic carbocycles. The zero-order valence-electron chi connectivity index (χ0n) is 7.12. The maximum Gasteiger partial charge on any atom is 0.281 e. The van der Waals surface area contributed by atoms with Gasteiger partial charge >= 0.3 is 0 Å². The van der Waals surface area contributed by atoms with Crippen LogP contribution in [0.4, 0.5) is 8.78 Å². The van der Waals surface area contributed by atoms with Gasteiger partial charge in [0, 0.05) is 22.2 Å². The minimum absolute atomic E-state index is 0.108. The molecular formula is C7H5BrClF2NO2S. The lowest BCUT2D eigenvalue weighted by atomic mass is 10.2. The zero-order valence-corrected chi connectivity index (χ0v) is 10.3. The van der Waals surface area contributed by atoms with Gasteiger partial charge in [0.25, 0.3) is 15.5 Å². The van der Waals surface area contributed by atoms with Gasteiger partial charge in [0.1, 0.15) is 10.6 Å². The molecule has 1 aromatic heterocycles. The van der Waals surface area contributed by atoms with E-state index in [1.165, 1.54) is 6.07 Å². The van der Waals surface area contributed by atoms with Gasteiger partial charge in [0.2, 0.25) is 0 Å². The molecule has 0 aliphatic rings. The van der Waals surface area contributed by atoms with Crippen LogP contribution >= 0.6 is 26.6 Å². The van der Waals surface area contributed by atoms with Crippen molar-refractivity contribution in [1.82, 2.24) is 4.98 Å². The van der Waals surface area contributed by atoms with Crippen molar-refractivity contribution in [3.63, 3.8) is 0 Å². The van der Waals surface area contributed by atoms with Crippen LogP contribution in [0.1, 0.15) is 17.7 Å². The molecule has 0 N–H and O–H groups in total. The predicted octanol–water partition coefficient (Wildman–Crippen LogP) is 2.84. The molecule has 1 aromatic rings. The largest absolute Gasteiger partial charge is 0.281 e. The monoisotopic (exact) mass is 319 g/mol. The highest BCUT2D eigenvalue weighted by molar-refractivity contribution is 9.08. The maximum absolute atomic E-state index is 12.5. The van der Waals surface area contributed by atoms with Crippen molar-refractivity contribution in [3.8, 4) is 0 Å². The van der Waals surface area contributed by atoms with Crippen LogP contribution in [0, 0.1) is 0 Å². The van der Waals surface area contributed by atoms with Gasteiger partial charge in [-0.2, -0.15) is 0 Å². The second-order valence-corrected chi connectivity index (χ2v) is 5.62. The summed E-state index contributed by atoms with van der Waals surface area (Å²) in [6.07, 6.45) is -1.86. The molecule has 0 spiro atoms. The molecule has 3 nitrogen and oxygen atoms in total. The van der Waals surface area contributed by atoms with E-state index in [-0.39, 0.29) is 10.9 Å². The van der Waals surface area contributed by atoms with Crippen molar-refractivity contribution in [3.05, 3.63) is 23.5 Å².